The van der Waals surface area contributed by atoms with Gasteiger partial charge in [-0.3, -0.25) is 0 Å². The van der Waals surface area contributed by atoms with Gasteiger partial charge in [-0.05, 0) is 48.6 Å². The van der Waals surface area contributed by atoms with E-state index >= 15 is 0 Å². The Kier molecular flexibility index (Phi) is 4.35. The molecule has 0 spiro atoms. The first kappa shape index (κ1) is 15.6. The van der Waals surface area contributed by atoms with Crippen molar-refractivity contribution < 1.29 is 8.95 Å². The summed E-state index contributed by atoms with van der Waals surface area (Å²) in [5, 5.41) is 1.97. The van der Waals surface area contributed by atoms with Crippen LogP contribution in [0, 0.1) is 13.8 Å². The van der Waals surface area contributed by atoms with Crippen LogP contribution in [0.2, 0.25) is 0 Å². The minimum atomic E-state index is -1.41. The van der Waals surface area contributed by atoms with Crippen LogP contribution in [0.4, 0.5) is 5.69 Å². The number of fused-ring (bicyclic) bond motifs is 1. The number of benzene rings is 3. The minimum Gasteiger partial charge on any atom is -0.495 e. The van der Waals surface area contributed by atoms with Gasteiger partial charge in [0.2, 0.25) is 0 Å². The Balaban J connectivity index is 2.06. The van der Waals surface area contributed by atoms with Crippen LogP contribution < -0.4 is 9.46 Å². The van der Waals surface area contributed by atoms with Crippen LogP contribution in [-0.2, 0) is 11.0 Å². The van der Waals surface area contributed by atoms with Gasteiger partial charge in [0.05, 0.1) is 7.11 Å². The number of hydrogen-bond donors (Lipinski definition) is 1. The highest BCUT2D eigenvalue weighted by molar-refractivity contribution is 7.86. The number of aryl methyl sites for hydroxylation is 2. The third-order valence-corrected chi connectivity index (χ3v) is 4.89. The molecule has 3 nitrogen and oxygen atoms in total. The van der Waals surface area contributed by atoms with E-state index in [-0.39, 0.29) is 0 Å². The van der Waals surface area contributed by atoms with Gasteiger partial charge >= 0.3 is 0 Å². The van der Waals surface area contributed by atoms with Gasteiger partial charge in [0, 0.05) is 11.1 Å². The summed E-state index contributed by atoms with van der Waals surface area (Å²) < 4.78 is 21.5. The summed E-state index contributed by atoms with van der Waals surface area (Å²) in [6.07, 6.45) is 0. The van der Waals surface area contributed by atoms with Gasteiger partial charge in [-0.1, -0.05) is 36.4 Å². The Morgan fingerprint density at radius 1 is 0.957 bits per heavy atom. The summed E-state index contributed by atoms with van der Waals surface area (Å²) >= 11 is 0. The van der Waals surface area contributed by atoms with Gasteiger partial charge in [0.25, 0.3) is 0 Å². The zero-order valence-electron chi connectivity index (χ0n) is 13.4. The van der Waals surface area contributed by atoms with Crippen LogP contribution in [0.1, 0.15) is 11.1 Å². The second kappa shape index (κ2) is 6.42. The minimum absolute atomic E-state index is 0.624. The zero-order valence-corrected chi connectivity index (χ0v) is 14.2. The van der Waals surface area contributed by atoms with Crippen molar-refractivity contribution in [3.63, 3.8) is 0 Å². The van der Waals surface area contributed by atoms with E-state index in [1.165, 1.54) is 0 Å². The molecule has 0 amide bonds. The SMILES string of the molecule is COc1ccc2ccccc2c1[S@@](=O)Nc1cc(C)cc(C)c1. The van der Waals surface area contributed by atoms with Crippen molar-refractivity contribution >= 4 is 27.4 Å². The van der Waals surface area contributed by atoms with Gasteiger partial charge < -0.3 is 9.46 Å². The third-order valence-electron chi connectivity index (χ3n) is 3.68. The molecule has 0 aromatic heterocycles. The Hall–Kier alpha value is -2.33. The predicted octanol–water partition coefficient (Wildman–Crippen LogP) is 4.60. The normalized spacial score (nSPS) is 12.1. The summed E-state index contributed by atoms with van der Waals surface area (Å²) in [7, 11) is 0.187. The molecule has 0 saturated heterocycles. The zero-order chi connectivity index (χ0) is 16.4. The molecule has 1 N–H and O–H groups in total. The van der Waals surface area contributed by atoms with Crippen LogP contribution in [0.3, 0.4) is 0 Å². The highest BCUT2D eigenvalue weighted by atomic mass is 32.2. The summed E-state index contributed by atoms with van der Waals surface area (Å²) in [4.78, 5) is 0.671. The topological polar surface area (TPSA) is 38.3 Å². The van der Waals surface area contributed by atoms with Crippen molar-refractivity contribution in [3.8, 4) is 5.75 Å². The lowest BCUT2D eigenvalue weighted by atomic mass is 10.1. The fraction of sp³-hybridized carbons (Fsp3) is 0.158. The van der Waals surface area contributed by atoms with E-state index in [1.807, 2.05) is 62.4 Å². The third kappa shape index (κ3) is 3.22. The molecule has 0 aliphatic carbocycles. The largest absolute Gasteiger partial charge is 0.495 e. The Morgan fingerprint density at radius 3 is 2.35 bits per heavy atom. The molecule has 0 fully saturated rings. The first-order valence-corrected chi connectivity index (χ1v) is 8.56. The van der Waals surface area contributed by atoms with Crippen molar-refractivity contribution in [1.29, 1.82) is 0 Å². The first-order valence-electron chi connectivity index (χ1n) is 7.41. The molecule has 0 aliphatic heterocycles. The van der Waals surface area contributed by atoms with E-state index in [2.05, 4.69) is 10.8 Å². The number of ether oxygens (including phenoxy) is 1. The maximum absolute atomic E-state index is 13.0. The Morgan fingerprint density at radius 2 is 1.65 bits per heavy atom. The molecule has 0 radical (unpaired) electrons. The van der Waals surface area contributed by atoms with Crippen LogP contribution in [0.25, 0.3) is 10.8 Å². The maximum Gasteiger partial charge on any atom is 0.154 e. The molecular weight excluding hydrogens is 306 g/mol. The molecule has 118 valence electrons. The summed E-state index contributed by atoms with van der Waals surface area (Å²) in [6, 6.07) is 17.8. The summed E-state index contributed by atoms with van der Waals surface area (Å²) in [5.41, 5.74) is 3.11. The van der Waals surface area contributed by atoms with Gasteiger partial charge in [-0.2, -0.15) is 0 Å². The van der Waals surface area contributed by atoms with Gasteiger partial charge in [-0.25, -0.2) is 4.21 Å². The average Bonchev–Trinajstić information content (AvgIpc) is 2.52. The van der Waals surface area contributed by atoms with Crippen molar-refractivity contribution in [2.24, 2.45) is 0 Å². The Labute approximate surface area is 138 Å². The molecule has 3 aromatic rings. The van der Waals surface area contributed by atoms with Crippen LogP contribution in [0.15, 0.2) is 59.5 Å². The second-order valence-electron chi connectivity index (χ2n) is 5.57. The summed E-state index contributed by atoms with van der Waals surface area (Å²) in [5.74, 6) is 0.624. The van der Waals surface area contributed by atoms with Crippen LogP contribution in [0.5, 0.6) is 5.75 Å². The van der Waals surface area contributed by atoms with Gasteiger partial charge in [-0.15, -0.1) is 0 Å². The molecule has 4 heteroatoms. The van der Waals surface area contributed by atoms with Crippen molar-refractivity contribution in [2.45, 2.75) is 18.7 Å². The van der Waals surface area contributed by atoms with E-state index in [1.54, 1.807) is 7.11 Å². The first-order chi connectivity index (χ1) is 11.1. The molecule has 0 unspecified atom stereocenters. The van der Waals surface area contributed by atoms with Crippen molar-refractivity contribution in [2.75, 3.05) is 11.8 Å². The van der Waals surface area contributed by atoms with E-state index < -0.39 is 11.0 Å². The van der Waals surface area contributed by atoms with Crippen LogP contribution >= 0.6 is 0 Å². The smallest absolute Gasteiger partial charge is 0.154 e. The van der Waals surface area contributed by atoms with E-state index in [0.717, 1.165) is 27.6 Å². The lowest BCUT2D eigenvalue weighted by molar-refractivity contribution is 0.405. The fourth-order valence-electron chi connectivity index (χ4n) is 2.77. The summed E-state index contributed by atoms with van der Waals surface area (Å²) in [6.45, 7) is 4.05. The molecule has 0 heterocycles. The van der Waals surface area contributed by atoms with Crippen molar-refractivity contribution in [3.05, 3.63) is 65.7 Å². The highest BCUT2D eigenvalue weighted by Crippen LogP contribution is 2.31. The molecule has 1 atom stereocenters. The van der Waals surface area contributed by atoms with Crippen molar-refractivity contribution in [1.82, 2.24) is 0 Å². The quantitative estimate of drug-likeness (QED) is 0.761. The number of anilines is 1. The molecular formula is C19H19NO2S. The fourth-order valence-corrected chi connectivity index (χ4v) is 3.92. The molecule has 0 bridgehead atoms. The molecule has 3 aromatic carbocycles. The standard InChI is InChI=1S/C19H19NO2S/c1-13-10-14(2)12-16(11-13)20-23(21)19-17-7-5-4-6-15(17)8-9-18(19)22-3/h4-12,20H,1-3H3/t23-/m1/s1. The van der Waals surface area contributed by atoms with E-state index in [0.29, 0.717) is 10.6 Å². The van der Waals surface area contributed by atoms with Gasteiger partial charge in [0.1, 0.15) is 10.6 Å². The Bertz CT molecular complexity index is 869. The van der Waals surface area contributed by atoms with E-state index in [9.17, 15) is 4.21 Å². The number of hydrogen-bond acceptors (Lipinski definition) is 2. The molecule has 0 aliphatic rings. The number of rotatable bonds is 4. The molecule has 23 heavy (non-hydrogen) atoms. The van der Waals surface area contributed by atoms with Crippen LogP contribution in [-0.4, -0.2) is 11.3 Å². The lowest BCUT2D eigenvalue weighted by Crippen LogP contribution is -2.07. The monoisotopic (exact) mass is 325 g/mol. The maximum atomic E-state index is 13.0. The van der Waals surface area contributed by atoms with E-state index in [4.69, 9.17) is 4.74 Å². The van der Waals surface area contributed by atoms with Gasteiger partial charge in [0.15, 0.2) is 11.0 Å². The predicted molar refractivity (Wildman–Crippen MR) is 96.4 cm³/mol. The lowest BCUT2D eigenvalue weighted by Gasteiger charge is -2.13. The number of nitrogens with one attached hydrogen (secondary N) is 1. The highest BCUT2D eigenvalue weighted by Gasteiger charge is 2.15. The average molecular weight is 325 g/mol. The second-order valence-corrected chi connectivity index (χ2v) is 6.72. The number of methoxy groups -OCH3 is 1. The molecule has 0 saturated carbocycles. The molecule has 3 rings (SSSR count).